The van der Waals surface area contributed by atoms with E-state index in [-0.39, 0.29) is 5.91 Å². The van der Waals surface area contributed by atoms with Gasteiger partial charge in [0.15, 0.2) is 0 Å². The summed E-state index contributed by atoms with van der Waals surface area (Å²) in [6.07, 6.45) is 1.82. The Morgan fingerprint density at radius 2 is 2.08 bits per heavy atom. The first-order valence-corrected chi connectivity index (χ1v) is 7.32. The van der Waals surface area contributed by atoms with Gasteiger partial charge in [0.05, 0.1) is 12.7 Å². The summed E-state index contributed by atoms with van der Waals surface area (Å²) in [4.78, 5) is 11.0. The highest BCUT2D eigenvalue weighted by Crippen LogP contribution is 2.19. The Morgan fingerprint density at radius 3 is 2.75 bits per heavy atom. The van der Waals surface area contributed by atoms with E-state index < -0.39 is 0 Å². The number of anilines is 1. The van der Waals surface area contributed by atoms with Crippen LogP contribution in [-0.4, -0.2) is 37.8 Å². The highest BCUT2D eigenvalue weighted by atomic mass is 16.6. The van der Waals surface area contributed by atoms with Crippen LogP contribution in [0, 0.1) is 6.92 Å². The molecule has 9 heteroatoms. The van der Waals surface area contributed by atoms with E-state index in [1.807, 2.05) is 30.5 Å². The molecule has 0 saturated heterocycles. The monoisotopic (exact) mass is 328 g/mol. The second kappa shape index (κ2) is 6.90. The summed E-state index contributed by atoms with van der Waals surface area (Å²) in [5, 5.41) is 18.2. The summed E-state index contributed by atoms with van der Waals surface area (Å²) in [5.74, 6) is 0.273. The van der Waals surface area contributed by atoms with Crippen molar-refractivity contribution in [2.75, 3.05) is 11.9 Å². The number of nitrogens with one attached hydrogen (secondary N) is 1. The normalized spacial score (nSPS) is 10.6. The van der Waals surface area contributed by atoms with E-state index in [2.05, 4.69) is 30.6 Å². The summed E-state index contributed by atoms with van der Waals surface area (Å²) >= 11 is 0. The molecule has 0 unspecified atom stereocenters. The lowest BCUT2D eigenvalue weighted by atomic mass is 10.1. The van der Waals surface area contributed by atoms with E-state index in [1.165, 1.54) is 6.92 Å². The number of aromatic nitrogens is 5. The maximum atomic E-state index is 11.0. The SMILES string of the molecule is CC(=O)Nc1ccc(-c2cn(CCOc3nonc3C)nn2)cc1. The summed E-state index contributed by atoms with van der Waals surface area (Å²) in [7, 11) is 0. The number of nitrogens with zero attached hydrogens (tertiary/aromatic N) is 5. The highest BCUT2D eigenvalue weighted by Gasteiger charge is 2.07. The maximum Gasteiger partial charge on any atom is 0.278 e. The van der Waals surface area contributed by atoms with Crippen molar-refractivity contribution in [3.8, 4) is 17.1 Å². The lowest BCUT2D eigenvalue weighted by Gasteiger charge is -2.02. The number of hydrogen-bond donors (Lipinski definition) is 1. The third-order valence-electron chi connectivity index (χ3n) is 3.21. The molecule has 0 fully saturated rings. The molecular weight excluding hydrogens is 312 g/mol. The van der Waals surface area contributed by atoms with Crippen molar-refractivity contribution in [1.29, 1.82) is 0 Å². The Hall–Kier alpha value is -3.23. The van der Waals surface area contributed by atoms with Crippen LogP contribution in [0.25, 0.3) is 11.3 Å². The smallest absolute Gasteiger partial charge is 0.278 e. The molecule has 3 rings (SSSR count). The van der Waals surface area contributed by atoms with Crippen LogP contribution in [0.5, 0.6) is 5.88 Å². The summed E-state index contributed by atoms with van der Waals surface area (Å²) in [5.41, 5.74) is 2.99. The summed E-state index contributed by atoms with van der Waals surface area (Å²) in [6, 6.07) is 7.39. The highest BCUT2D eigenvalue weighted by molar-refractivity contribution is 5.88. The Balaban J connectivity index is 1.58. The molecule has 0 aliphatic rings. The summed E-state index contributed by atoms with van der Waals surface area (Å²) < 4.78 is 11.7. The number of aryl methyl sites for hydroxylation is 1. The van der Waals surface area contributed by atoms with Crippen LogP contribution in [0.3, 0.4) is 0 Å². The maximum absolute atomic E-state index is 11.0. The topological polar surface area (TPSA) is 108 Å². The van der Waals surface area contributed by atoms with Gasteiger partial charge in [0.1, 0.15) is 18.0 Å². The second-order valence-corrected chi connectivity index (χ2v) is 5.13. The lowest BCUT2D eigenvalue weighted by molar-refractivity contribution is -0.114. The third-order valence-corrected chi connectivity index (χ3v) is 3.21. The van der Waals surface area contributed by atoms with Gasteiger partial charge in [0.2, 0.25) is 5.91 Å². The van der Waals surface area contributed by atoms with Crippen molar-refractivity contribution < 1.29 is 14.2 Å². The molecule has 1 N–H and O–H groups in total. The number of carbonyl (C=O) groups is 1. The van der Waals surface area contributed by atoms with Crippen molar-refractivity contribution in [2.24, 2.45) is 0 Å². The zero-order chi connectivity index (χ0) is 16.9. The Bertz CT molecular complexity index is 824. The van der Waals surface area contributed by atoms with E-state index in [0.29, 0.717) is 24.7 Å². The van der Waals surface area contributed by atoms with Crippen molar-refractivity contribution in [1.82, 2.24) is 25.3 Å². The first kappa shape index (κ1) is 15.7. The van der Waals surface area contributed by atoms with E-state index in [0.717, 1.165) is 16.9 Å². The van der Waals surface area contributed by atoms with Crippen molar-refractivity contribution in [2.45, 2.75) is 20.4 Å². The minimum Gasteiger partial charge on any atom is -0.472 e. The van der Waals surface area contributed by atoms with Crippen molar-refractivity contribution in [3.05, 3.63) is 36.2 Å². The molecule has 0 aliphatic heterocycles. The Labute approximate surface area is 137 Å². The van der Waals surface area contributed by atoms with Crippen LogP contribution in [0.1, 0.15) is 12.6 Å². The Morgan fingerprint density at radius 1 is 1.29 bits per heavy atom. The molecule has 2 aromatic heterocycles. The first-order valence-electron chi connectivity index (χ1n) is 7.32. The van der Waals surface area contributed by atoms with E-state index in [1.54, 1.807) is 11.6 Å². The van der Waals surface area contributed by atoms with Crippen LogP contribution in [0.4, 0.5) is 5.69 Å². The summed E-state index contributed by atoms with van der Waals surface area (Å²) in [6.45, 7) is 4.12. The second-order valence-electron chi connectivity index (χ2n) is 5.13. The number of ether oxygens (including phenoxy) is 1. The fourth-order valence-corrected chi connectivity index (χ4v) is 2.06. The molecule has 1 aromatic carbocycles. The van der Waals surface area contributed by atoms with Crippen LogP contribution in [0.2, 0.25) is 0 Å². The van der Waals surface area contributed by atoms with Crippen LogP contribution >= 0.6 is 0 Å². The number of hydrogen-bond acceptors (Lipinski definition) is 7. The molecule has 0 saturated carbocycles. The van der Waals surface area contributed by atoms with Gasteiger partial charge < -0.3 is 10.1 Å². The predicted molar refractivity (Wildman–Crippen MR) is 84.3 cm³/mol. The minimum absolute atomic E-state index is 0.105. The zero-order valence-electron chi connectivity index (χ0n) is 13.3. The van der Waals surface area contributed by atoms with E-state index in [4.69, 9.17) is 4.74 Å². The minimum atomic E-state index is -0.105. The lowest BCUT2D eigenvalue weighted by Crippen LogP contribution is -2.09. The van der Waals surface area contributed by atoms with Crippen molar-refractivity contribution >= 4 is 11.6 Å². The quantitative estimate of drug-likeness (QED) is 0.733. The standard InChI is InChI=1S/C15H16N6O3/c1-10-15(19-24-18-10)23-8-7-21-9-14(17-20-21)12-3-5-13(6-4-12)16-11(2)22/h3-6,9H,7-8H2,1-2H3,(H,16,22). The van der Waals surface area contributed by atoms with Crippen LogP contribution in [0.15, 0.2) is 35.1 Å². The molecule has 3 aromatic rings. The van der Waals surface area contributed by atoms with Gasteiger partial charge >= 0.3 is 0 Å². The molecular formula is C15H16N6O3. The molecule has 1 amide bonds. The molecule has 0 aliphatic carbocycles. The molecule has 124 valence electrons. The first-order chi connectivity index (χ1) is 11.6. The molecule has 0 spiro atoms. The molecule has 0 bridgehead atoms. The fourth-order valence-electron chi connectivity index (χ4n) is 2.06. The van der Waals surface area contributed by atoms with E-state index in [9.17, 15) is 4.79 Å². The number of benzene rings is 1. The van der Waals surface area contributed by atoms with Crippen LogP contribution < -0.4 is 10.1 Å². The van der Waals surface area contributed by atoms with Gasteiger partial charge in [-0.2, -0.15) is 0 Å². The van der Waals surface area contributed by atoms with Crippen molar-refractivity contribution in [3.63, 3.8) is 0 Å². The molecule has 0 radical (unpaired) electrons. The average molecular weight is 328 g/mol. The zero-order valence-corrected chi connectivity index (χ0v) is 13.3. The van der Waals surface area contributed by atoms with Gasteiger partial charge in [-0.15, -0.1) is 5.10 Å². The molecule has 9 nitrogen and oxygen atoms in total. The van der Waals surface area contributed by atoms with Gasteiger partial charge in [-0.3, -0.25) is 4.79 Å². The largest absolute Gasteiger partial charge is 0.472 e. The number of rotatable bonds is 6. The predicted octanol–water partition coefficient (Wildman–Crippen LogP) is 1.67. The number of amides is 1. The van der Waals surface area contributed by atoms with Gasteiger partial charge in [-0.25, -0.2) is 9.31 Å². The van der Waals surface area contributed by atoms with E-state index >= 15 is 0 Å². The van der Waals surface area contributed by atoms with Gasteiger partial charge in [-0.1, -0.05) is 22.5 Å². The number of carbonyl (C=O) groups excluding carboxylic acids is 1. The van der Waals surface area contributed by atoms with Crippen LogP contribution in [-0.2, 0) is 11.3 Å². The average Bonchev–Trinajstić information content (AvgIpc) is 3.17. The van der Waals surface area contributed by atoms with Gasteiger partial charge in [0, 0.05) is 18.2 Å². The van der Waals surface area contributed by atoms with Gasteiger partial charge in [-0.05, 0) is 24.2 Å². The third kappa shape index (κ3) is 3.75. The fraction of sp³-hybridized carbons (Fsp3) is 0.267. The molecule has 2 heterocycles. The Kier molecular flexibility index (Phi) is 4.50. The van der Waals surface area contributed by atoms with Gasteiger partial charge in [0.25, 0.3) is 5.88 Å². The molecule has 0 atom stereocenters. The molecule has 24 heavy (non-hydrogen) atoms.